The molecule has 5 nitrogen and oxygen atoms in total. The van der Waals surface area contributed by atoms with Gasteiger partial charge in [0, 0.05) is 6.61 Å². The number of carbonyl (C=O) groups excluding carboxylic acids is 1. The van der Waals surface area contributed by atoms with Crippen LogP contribution in [-0.2, 0) is 11.3 Å². The molecule has 18 heavy (non-hydrogen) atoms. The first-order valence-electron chi connectivity index (χ1n) is 6.46. The van der Waals surface area contributed by atoms with Crippen LogP contribution in [0.5, 0.6) is 0 Å². The number of amides is 1. The summed E-state index contributed by atoms with van der Waals surface area (Å²) < 4.78 is 10.9. The average Bonchev–Trinajstić information content (AvgIpc) is 2.87. The number of hydrogen-bond donors (Lipinski definition) is 2. The van der Waals surface area contributed by atoms with Crippen LogP contribution in [0, 0.1) is 5.92 Å². The Labute approximate surface area is 107 Å². The van der Waals surface area contributed by atoms with E-state index in [9.17, 15) is 4.79 Å². The largest absolute Gasteiger partial charge is 0.466 e. The van der Waals surface area contributed by atoms with Gasteiger partial charge in [0.15, 0.2) is 0 Å². The third-order valence-electron chi connectivity index (χ3n) is 3.43. The van der Waals surface area contributed by atoms with Crippen molar-refractivity contribution in [3.05, 3.63) is 23.7 Å². The SMILES string of the molecule is NNC(=O)c1ccoc1COCC1CCCCC1. The van der Waals surface area contributed by atoms with E-state index in [0.29, 0.717) is 23.8 Å². The first-order chi connectivity index (χ1) is 8.81. The number of hydrazine groups is 1. The molecule has 0 radical (unpaired) electrons. The topological polar surface area (TPSA) is 77.5 Å². The van der Waals surface area contributed by atoms with E-state index in [1.54, 1.807) is 6.07 Å². The molecule has 0 spiro atoms. The fraction of sp³-hybridized carbons (Fsp3) is 0.615. The van der Waals surface area contributed by atoms with Crippen molar-refractivity contribution in [2.45, 2.75) is 38.7 Å². The van der Waals surface area contributed by atoms with Crippen molar-refractivity contribution in [2.24, 2.45) is 11.8 Å². The highest BCUT2D eigenvalue weighted by Gasteiger charge is 2.16. The predicted molar refractivity (Wildman–Crippen MR) is 66.6 cm³/mol. The van der Waals surface area contributed by atoms with Crippen molar-refractivity contribution in [1.29, 1.82) is 0 Å². The molecule has 5 heteroatoms. The van der Waals surface area contributed by atoms with Crippen LogP contribution in [-0.4, -0.2) is 12.5 Å². The quantitative estimate of drug-likeness (QED) is 0.477. The maximum Gasteiger partial charge on any atom is 0.268 e. The van der Waals surface area contributed by atoms with Gasteiger partial charge in [-0.05, 0) is 24.8 Å². The second-order valence-corrected chi connectivity index (χ2v) is 4.75. The Morgan fingerprint density at radius 1 is 1.44 bits per heavy atom. The first-order valence-corrected chi connectivity index (χ1v) is 6.46. The van der Waals surface area contributed by atoms with E-state index >= 15 is 0 Å². The Kier molecular flexibility index (Phi) is 4.78. The smallest absolute Gasteiger partial charge is 0.268 e. The molecular formula is C13H20N2O3. The van der Waals surface area contributed by atoms with Crippen LogP contribution in [0.4, 0.5) is 0 Å². The molecule has 1 amide bonds. The summed E-state index contributed by atoms with van der Waals surface area (Å²) >= 11 is 0. The van der Waals surface area contributed by atoms with Gasteiger partial charge in [0.05, 0.1) is 11.8 Å². The van der Waals surface area contributed by atoms with Crippen LogP contribution in [0.2, 0.25) is 0 Å². The zero-order chi connectivity index (χ0) is 12.8. The summed E-state index contributed by atoms with van der Waals surface area (Å²) in [5.74, 6) is 5.94. The molecule has 100 valence electrons. The fourth-order valence-corrected chi connectivity index (χ4v) is 2.40. The lowest BCUT2D eigenvalue weighted by molar-refractivity contribution is 0.0625. The van der Waals surface area contributed by atoms with E-state index in [1.165, 1.54) is 38.4 Å². The fourth-order valence-electron chi connectivity index (χ4n) is 2.40. The van der Waals surface area contributed by atoms with Gasteiger partial charge < -0.3 is 9.15 Å². The van der Waals surface area contributed by atoms with E-state index in [4.69, 9.17) is 15.0 Å². The van der Waals surface area contributed by atoms with E-state index in [1.807, 2.05) is 0 Å². The lowest BCUT2D eigenvalue weighted by Gasteiger charge is -2.21. The van der Waals surface area contributed by atoms with Crippen molar-refractivity contribution in [2.75, 3.05) is 6.61 Å². The second kappa shape index (κ2) is 6.56. The number of furan rings is 1. The Morgan fingerprint density at radius 2 is 2.22 bits per heavy atom. The normalized spacial score (nSPS) is 16.7. The molecule has 1 fully saturated rings. The molecule has 0 bridgehead atoms. The van der Waals surface area contributed by atoms with E-state index in [-0.39, 0.29) is 5.91 Å². The number of carbonyl (C=O) groups is 1. The Hall–Kier alpha value is -1.33. The Balaban J connectivity index is 1.79. The van der Waals surface area contributed by atoms with Crippen molar-refractivity contribution in [3.8, 4) is 0 Å². The molecule has 0 aromatic carbocycles. The van der Waals surface area contributed by atoms with Crippen molar-refractivity contribution in [1.82, 2.24) is 5.43 Å². The van der Waals surface area contributed by atoms with Crippen molar-refractivity contribution in [3.63, 3.8) is 0 Å². The summed E-state index contributed by atoms with van der Waals surface area (Å²) in [6, 6.07) is 1.60. The van der Waals surface area contributed by atoms with Crippen LogP contribution in [0.1, 0.15) is 48.2 Å². The van der Waals surface area contributed by atoms with Gasteiger partial charge in [0.1, 0.15) is 12.4 Å². The molecule has 0 aliphatic heterocycles. The molecule has 1 aromatic heterocycles. The highest BCUT2D eigenvalue weighted by atomic mass is 16.5. The van der Waals surface area contributed by atoms with E-state index in [2.05, 4.69) is 5.43 Å². The standard InChI is InChI=1S/C13H20N2O3/c14-15-13(16)11-6-7-18-12(11)9-17-8-10-4-2-1-3-5-10/h6-7,10H,1-5,8-9,14H2,(H,15,16). The molecule has 1 saturated carbocycles. The van der Waals surface area contributed by atoms with Crippen molar-refractivity contribution >= 4 is 5.91 Å². The number of hydrogen-bond acceptors (Lipinski definition) is 4. The van der Waals surface area contributed by atoms with Crippen LogP contribution in [0.25, 0.3) is 0 Å². The van der Waals surface area contributed by atoms with Crippen LogP contribution < -0.4 is 11.3 Å². The zero-order valence-electron chi connectivity index (χ0n) is 10.5. The molecule has 2 rings (SSSR count). The molecule has 1 aliphatic rings. The van der Waals surface area contributed by atoms with E-state index in [0.717, 1.165) is 6.61 Å². The maximum absolute atomic E-state index is 11.4. The zero-order valence-corrected chi connectivity index (χ0v) is 10.5. The first kappa shape index (κ1) is 13.1. The van der Waals surface area contributed by atoms with Gasteiger partial charge in [-0.2, -0.15) is 0 Å². The number of nitrogens with two attached hydrogens (primary N) is 1. The predicted octanol–water partition coefficient (Wildman–Crippen LogP) is 1.98. The van der Waals surface area contributed by atoms with Gasteiger partial charge in [0.2, 0.25) is 0 Å². The summed E-state index contributed by atoms with van der Waals surface area (Å²) in [5.41, 5.74) is 2.54. The summed E-state index contributed by atoms with van der Waals surface area (Å²) in [6.45, 7) is 1.07. The van der Waals surface area contributed by atoms with Crippen molar-refractivity contribution < 1.29 is 13.9 Å². The Bertz CT molecular complexity index is 383. The molecule has 1 aliphatic carbocycles. The maximum atomic E-state index is 11.4. The van der Waals surface area contributed by atoms with Gasteiger partial charge in [-0.25, -0.2) is 5.84 Å². The second-order valence-electron chi connectivity index (χ2n) is 4.75. The number of rotatable bonds is 5. The van der Waals surface area contributed by atoms with Crippen LogP contribution in [0.15, 0.2) is 16.7 Å². The summed E-state index contributed by atoms with van der Waals surface area (Å²) in [6.07, 6.45) is 7.91. The molecule has 0 atom stereocenters. The van der Waals surface area contributed by atoms with Gasteiger partial charge in [0.25, 0.3) is 5.91 Å². The number of nitrogen functional groups attached to an aromatic ring is 1. The highest BCUT2D eigenvalue weighted by molar-refractivity contribution is 5.94. The van der Waals surface area contributed by atoms with Gasteiger partial charge >= 0.3 is 0 Å². The van der Waals surface area contributed by atoms with Gasteiger partial charge in [-0.1, -0.05) is 19.3 Å². The molecule has 0 unspecified atom stereocenters. The summed E-state index contributed by atoms with van der Waals surface area (Å²) in [5, 5.41) is 0. The third kappa shape index (κ3) is 3.34. The van der Waals surface area contributed by atoms with Gasteiger partial charge in [-0.15, -0.1) is 0 Å². The average molecular weight is 252 g/mol. The number of ether oxygens (including phenoxy) is 1. The molecule has 0 saturated heterocycles. The molecule has 1 heterocycles. The lowest BCUT2D eigenvalue weighted by Crippen LogP contribution is -2.30. The molecule has 1 aromatic rings. The number of nitrogens with one attached hydrogen (secondary N) is 1. The van der Waals surface area contributed by atoms with Gasteiger partial charge in [-0.3, -0.25) is 10.2 Å². The Morgan fingerprint density at radius 3 is 2.94 bits per heavy atom. The monoisotopic (exact) mass is 252 g/mol. The van der Waals surface area contributed by atoms with Crippen LogP contribution >= 0.6 is 0 Å². The highest BCUT2D eigenvalue weighted by Crippen LogP contribution is 2.24. The molecular weight excluding hydrogens is 232 g/mol. The van der Waals surface area contributed by atoms with Crippen LogP contribution in [0.3, 0.4) is 0 Å². The lowest BCUT2D eigenvalue weighted by atomic mass is 9.90. The minimum Gasteiger partial charge on any atom is -0.466 e. The summed E-state index contributed by atoms with van der Waals surface area (Å²) in [4.78, 5) is 11.4. The molecule has 3 N–H and O–H groups in total. The third-order valence-corrected chi connectivity index (χ3v) is 3.43. The van der Waals surface area contributed by atoms with E-state index < -0.39 is 0 Å². The minimum atomic E-state index is -0.347. The summed E-state index contributed by atoms with van der Waals surface area (Å²) in [7, 11) is 0. The minimum absolute atomic E-state index is 0.326.